The number of rotatable bonds is 5. The molecule has 0 spiro atoms. The topological polar surface area (TPSA) is 107 Å². The first-order valence-corrected chi connectivity index (χ1v) is 9.68. The number of allylic oxidation sites excluding steroid dienone is 2. The summed E-state index contributed by atoms with van der Waals surface area (Å²) in [5.74, 6) is -1.32. The van der Waals surface area contributed by atoms with E-state index < -0.39 is 11.9 Å². The summed E-state index contributed by atoms with van der Waals surface area (Å²) in [6.07, 6.45) is 0. The van der Waals surface area contributed by atoms with Gasteiger partial charge in [0, 0.05) is 18.1 Å². The third-order valence-corrected chi connectivity index (χ3v) is 5.37. The maximum absolute atomic E-state index is 12.9. The number of nitriles is 1. The monoisotopic (exact) mass is 427 g/mol. The quantitative estimate of drug-likeness (QED) is 0.439. The van der Waals surface area contributed by atoms with E-state index in [0.29, 0.717) is 5.56 Å². The maximum atomic E-state index is 12.9. The predicted molar refractivity (Wildman–Crippen MR) is 112 cm³/mol. The van der Waals surface area contributed by atoms with Crippen LogP contribution in [0.5, 0.6) is 0 Å². The van der Waals surface area contributed by atoms with Crippen LogP contribution < -0.4 is 5.73 Å². The van der Waals surface area contributed by atoms with Crippen LogP contribution in [0.25, 0.3) is 10.9 Å². The summed E-state index contributed by atoms with van der Waals surface area (Å²) in [6, 6.07) is 7.81. The van der Waals surface area contributed by atoms with Crippen molar-refractivity contribution in [2.75, 3.05) is 20.3 Å². The van der Waals surface area contributed by atoms with Crippen molar-refractivity contribution >= 4 is 28.5 Å². The Morgan fingerprint density at radius 2 is 1.97 bits per heavy atom. The first kappa shape index (κ1) is 21.6. The lowest BCUT2D eigenvalue weighted by Crippen LogP contribution is -2.26. The van der Waals surface area contributed by atoms with Crippen molar-refractivity contribution in [3.05, 3.63) is 62.8 Å². The third kappa shape index (κ3) is 3.97. The van der Waals surface area contributed by atoms with Crippen LogP contribution >= 0.6 is 11.6 Å². The molecule has 0 fully saturated rings. The molecule has 1 aliphatic rings. The first-order chi connectivity index (χ1) is 14.3. The Balaban J connectivity index is 2.18. The van der Waals surface area contributed by atoms with E-state index in [1.807, 2.05) is 38.1 Å². The lowest BCUT2D eigenvalue weighted by atomic mass is 9.83. The number of aromatic nitrogens is 1. The summed E-state index contributed by atoms with van der Waals surface area (Å²) in [7, 11) is 1.51. The fourth-order valence-corrected chi connectivity index (χ4v) is 3.64. The Labute approximate surface area is 179 Å². The zero-order valence-electron chi connectivity index (χ0n) is 17.2. The van der Waals surface area contributed by atoms with Gasteiger partial charge in [-0.15, -0.1) is 0 Å². The number of pyridine rings is 1. The van der Waals surface area contributed by atoms with Crippen LogP contribution in [0.1, 0.15) is 29.5 Å². The van der Waals surface area contributed by atoms with Gasteiger partial charge in [-0.3, -0.25) is 0 Å². The molecule has 1 aromatic carbocycles. The Morgan fingerprint density at radius 3 is 2.63 bits per heavy atom. The normalized spacial score (nSPS) is 16.5. The number of nitrogens with two attached hydrogens (primary N) is 1. The van der Waals surface area contributed by atoms with E-state index in [9.17, 15) is 10.1 Å². The van der Waals surface area contributed by atoms with Crippen molar-refractivity contribution in [2.24, 2.45) is 5.73 Å². The van der Waals surface area contributed by atoms with Gasteiger partial charge in [0.05, 0.1) is 23.6 Å². The van der Waals surface area contributed by atoms with Crippen LogP contribution in [-0.2, 0) is 19.0 Å². The molecule has 0 bridgehead atoms. The average molecular weight is 428 g/mol. The lowest BCUT2D eigenvalue weighted by molar-refractivity contribution is -0.140. The molecule has 0 aliphatic carbocycles. The second-order valence-corrected chi connectivity index (χ2v) is 7.38. The second-order valence-electron chi connectivity index (χ2n) is 7.02. The number of aryl methyl sites for hydroxylation is 2. The molecule has 1 aromatic heterocycles. The number of nitrogens with zero attached hydrogens (tertiary/aromatic N) is 2. The third-order valence-electron chi connectivity index (χ3n) is 5.07. The molecule has 1 unspecified atom stereocenters. The Morgan fingerprint density at radius 1 is 1.27 bits per heavy atom. The molecule has 8 heteroatoms. The van der Waals surface area contributed by atoms with Crippen LogP contribution in [0.4, 0.5) is 0 Å². The SMILES string of the molecule is COCCOC(=O)C1=C(C)OC(N)=C(C#N)C1c1cc2cc(C)c(C)cc2nc1Cl. The van der Waals surface area contributed by atoms with Gasteiger partial charge in [-0.25, -0.2) is 9.78 Å². The summed E-state index contributed by atoms with van der Waals surface area (Å²) in [6.45, 7) is 5.88. The van der Waals surface area contributed by atoms with Gasteiger partial charge in [-0.2, -0.15) is 5.26 Å². The Hall–Kier alpha value is -3.08. The summed E-state index contributed by atoms with van der Waals surface area (Å²) >= 11 is 6.52. The van der Waals surface area contributed by atoms with Crippen LogP contribution in [0.15, 0.2) is 41.0 Å². The number of hydrogen-bond donors (Lipinski definition) is 1. The molecule has 2 aromatic rings. The minimum atomic E-state index is -0.857. The van der Waals surface area contributed by atoms with Crippen molar-refractivity contribution in [2.45, 2.75) is 26.7 Å². The minimum absolute atomic E-state index is 0.0576. The number of ether oxygens (including phenoxy) is 3. The van der Waals surface area contributed by atoms with E-state index in [2.05, 4.69) is 4.98 Å². The summed E-state index contributed by atoms with van der Waals surface area (Å²) in [5, 5.41) is 10.8. The highest BCUT2D eigenvalue weighted by Gasteiger charge is 2.38. The number of esters is 1. The molecule has 0 saturated carbocycles. The average Bonchev–Trinajstić information content (AvgIpc) is 2.68. The molecule has 1 aliphatic heterocycles. The second kappa shape index (κ2) is 8.74. The molecule has 156 valence electrons. The largest absolute Gasteiger partial charge is 0.460 e. The van der Waals surface area contributed by atoms with Crippen molar-refractivity contribution in [1.82, 2.24) is 4.98 Å². The van der Waals surface area contributed by atoms with Crippen LogP contribution in [0.3, 0.4) is 0 Å². The standard InChI is InChI=1S/C22H22ClN3O4/c1-11-7-14-9-15(20(23)26-17(14)8-12(11)2)19-16(10-24)21(25)30-13(3)18(19)22(27)29-6-5-28-4/h7-9,19H,5-6,25H2,1-4H3. The first-order valence-electron chi connectivity index (χ1n) is 9.30. The molecular weight excluding hydrogens is 406 g/mol. The molecule has 0 radical (unpaired) electrons. The molecule has 0 saturated heterocycles. The molecular formula is C22H22ClN3O4. The van der Waals surface area contributed by atoms with E-state index in [1.54, 1.807) is 6.92 Å². The number of carbonyl (C=O) groups is 1. The van der Waals surface area contributed by atoms with Crippen molar-refractivity contribution in [3.63, 3.8) is 0 Å². The summed E-state index contributed by atoms with van der Waals surface area (Å²) in [4.78, 5) is 17.4. The van der Waals surface area contributed by atoms with Gasteiger partial charge in [0.1, 0.15) is 29.2 Å². The van der Waals surface area contributed by atoms with Gasteiger partial charge >= 0.3 is 5.97 Å². The van der Waals surface area contributed by atoms with Crippen molar-refractivity contribution in [3.8, 4) is 6.07 Å². The van der Waals surface area contributed by atoms with E-state index in [0.717, 1.165) is 22.0 Å². The molecule has 2 heterocycles. The van der Waals surface area contributed by atoms with Crippen LogP contribution in [0, 0.1) is 25.2 Å². The fourth-order valence-electron chi connectivity index (χ4n) is 3.39. The zero-order valence-corrected chi connectivity index (χ0v) is 18.0. The molecule has 0 amide bonds. The molecule has 1 atom stereocenters. The highest BCUT2D eigenvalue weighted by atomic mass is 35.5. The van der Waals surface area contributed by atoms with Crippen LogP contribution in [-0.4, -0.2) is 31.3 Å². The minimum Gasteiger partial charge on any atom is -0.460 e. The van der Waals surface area contributed by atoms with Gasteiger partial charge in [0.25, 0.3) is 0 Å². The molecule has 3 rings (SSSR count). The van der Waals surface area contributed by atoms with Gasteiger partial charge in [0.15, 0.2) is 0 Å². The van der Waals surface area contributed by atoms with E-state index >= 15 is 0 Å². The summed E-state index contributed by atoms with van der Waals surface area (Å²) in [5.41, 5.74) is 9.57. The van der Waals surface area contributed by atoms with Crippen molar-refractivity contribution < 1.29 is 19.0 Å². The Kier molecular flexibility index (Phi) is 6.30. The summed E-state index contributed by atoms with van der Waals surface area (Å²) < 4.78 is 15.7. The van der Waals surface area contributed by atoms with E-state index in [1.165, 1.54) is 7.11 Å². The number of fused-ring (bicyclic) bond motifs is 1. The van der Waals surface area contributed by atoms with Gasteiger partial charge in [-0.1, -0.05) is 11.6 Å². The Bertz CT molecular complexity index is 1130. The van der Waals surface area contributed by atoms with Gasteiger partial charge in [-0.05, 0) is 50.1 Å². The highest BCUT2D eigenvalue weighted by molar-refractivity contribution is 6.30. The number of methoxy groups -OCH3 is 1. The fraction of sp³-hybridized carbons (Fsp3) is 0.318. The van der Waals surface area contributed by atoms with Crippen LogP contribution in [0.2, 0.25) is 5.15 Å². The maximum Gasteiger partial charge on any atom is 0.338 e. The van der Waals surface area contributed by atoms with Crippen molar-refractivity contribution in [1.29, 1.82) is 5.26 Å². The number of benzene rings is 1. The lowest BCUT2D eigenvalue weighted by Gasteiger charge is -2.27. The molecule has 7 nitrogen and oxygen atoms in total. The molecule has 30 heavy (non-hydrogen) atoms. The van der Waals surface area contributed by atoms with E-state index in [4.69, 9.17) is 31.5 Å². The number of halogens is 1. The zero-order chi connectivity index (χ0) is 22.0. The number of carbonyl (C=O) groups excluding carboxylic acids is 1. The number of hydrogen-bond acceptors (Lipinski definition) is 7. The molecule has 2 N–H and O–H groups in total. The smallest absolute Gasteiger partial charge is 0.338 e. The van der Waals surface area contributed by atoms with E-state index in [-0.39, 0.29) is 41.2 Å². The highest BCUT2D eigenvalue weighted by Crippen LogP contribution is 2.42. The van der Waals surface area contributed by atoms with Gasteiger partial charge in [0.2, 0.25) is 5.88 Å². The predicted octanol–water partition coefficient (Wildman–Crippen LogP) is 3.78. The van der Waals surface area contributed by atoms with Gasteiger partial charge < -0.3 is 19.9 Å².